The number of ether oxygens (including phenoxy) is 2. The zero-order chi connectivity index (χ0) is 41.1. The van der Waals surface area contributed by atoms with Crippen molar-refractivity contribution in [3.63, 3.8) is 0 Å². The SMILES string of the molecule is COc1cc([C@H]2C3=CC[C@@H]4C(=O)N(c5cccc(C(=O)O)c5)C(=O)[C@@H]4[C@@H]3C[C@H]3C(=O)N(c4cc(-c5sc6ccc(Cl)cc6c5C)nn4C)C(=O)[C@@]23C)cc(OC)c1O. The molecule has 3 aromatic carbocycles. The van der Waals surface area contributed by atoms with Gasteiger partial charge in [0.1, 0.15) is 11.5 Å². The van der Waals surface area contributed by atoms with Gasteiger partial charge < -0.3 is 19.7 Å². The summed E-state index contributed by atoms with van der Waals surface area (Å²) in [7, 11) is 4.47. The van der Waals surface area contributed by atoms with Crippen molar-refractivity contribution in [2.75, 3.05) is 24.0 Å². The van der Waals surface area contributed by atoms with Crippen LogP contribution < -0.4 is 19.3 Å². The van der Waals surface area contributed by atoms with Gasteiger partial charge in [0.15, 0.2) is 11.5 Å². The maximum absolute atomic E-state index is 15.3. The number of carbonyl (C=O) groups excluding carboxylic acids is 4. The quantitative estimate of drug-likeness (QED) is 0.127. The number of phenolic OH excluding ortho intramolecular Hbond substituents is 1. The van der Waals surface area contributed by atoms with E-state index in [-0.39, 0.29) is 47.2 Å². The van der Waals surface area contributed by atoms with E-state index in [9.17, 15) is 24.6 Å². The average molecular weight is 821 g/mol. The van der Waals surface area contributed by atoms with Gasteiger partial charge in [-0.15, -0.1) is 11.3 Å². The van der Waals surface area contributed by atoms with E-state index < -0.39 is 64.6 Å². The van der Waals surface area contributed by atoms with E-state index in [0.717, 1.165) is 25.4 Å². The molecule has 3 fully saturated rings. The van der Waals surface area contributed by atoms with Gasteiger partial charge in [-0.1, -0.05) is 29.3 Å². The lowest BCUT2D eigenvalue weighted by Crippen LogP contribution is -2.49. The molecule has 13 nitrogen and oxygen atoms in total. The number of phenols is 1. The minimum atomic E-state index is -1.41. The number of nitrogens with zero attached hydrogens (tertiary/aromatic N) is 4. The number of hydrogen-bond acceptors (Lipinski definition) is 10. The number of hydrogen-bond donors (Lipinski definition) is 2. The van der Waals surface area contributed by atoms with Crippen molar-refractivity contribution in [3.05, 3.63) is 94.0 Å². The monoisotopic (exact) mass is 820 g/mol. The van der Waals surface area contributed by atoms with Gasteiger partial charge in [-0.05, 0) is 97.7 Å². The van der Waals surface area contributed by atoms with Crippen LogP contribution in [0.5, 0.6) is 17.2 Å². The number of thiophene rings is 1. The Morgan fingerprint density at radius 3 is 2.36 bits per heavy atom. The summed E-state index contributed by atoms with van der Waals surface area (Å²) in [6, 6.07) is 16.3. The second kappa shape index (κ2) is 13.3. The molecule has 5 aromatic rings. The van der Waals surface area contributed by atoms with E-state index in [4.69, 9.17) is 26.2 Å². The third-order valence-corrected chi connectivity index (χ3v) is 14.2. The molecule has 0 unspecified atom stereocenters. The van der Waals surface area contributed by atoms with Gasteiger partial charge in [0.25, 0.3) is 0 Å². The molecular formula is C43H37ClN4O9S. The molecule has 15 heteroatoms. The standard InChI is InChI=1S/C43H37ClN4O9S/c1-19-26-16-22(44)9-12-32(26)58-37(19)29-18-33(46(3)45-29)48-39(51)28-17-27-24(35(43(28,2)42(48)55)21-14-30(56-4)36(49)31(15-21)57-5)10-11-25-34(27)40(52)47(38(25)50)23-8-6-7-20(13-23)41(53)54/h6-10,12-16,18,25,27-28,34-35,49H,11,17H2,1-5H3,(H,53,54)/t25-,27+,28-,34-,35-,43+/m0/s1. The van der Waals surface area contributed by atoms with E-state index >= 15 is 9.59 Å². The number of anilines is 2. The average Bonchev–Trinajstić information content (AvgIpc) is 3.88. The minimum absolute atomic E-state index is 0.0732. The van der Waals surface area contributed by atoms with E-state index in [1.54, 1.807) is 32.2 Å². The Kier molecular flexibility index (Phi) is 8.60. The Balaban J connectivity index is 1.17. The van der Waals surface area contributed by atoms with Gasteiger partial charge in [-0.3, -0.25) is 28.8 Å². The third kappa shape index (κ3) is 5.20. The van der Waals surface area contributed by atoms with Crippen molar-refractivity contribution >= 4 is 74.1 Å². The number of carbonyl (C=O) groups is 5. The zero-order valence-corrected chi connectivity index (χ0v) is 33.6. The van der Waals surface area contributed by atoms with Crippen LogP contribution in [0.25, 0.3) is 20.7 Å². The summed E-state index contributed by atoms with van der Waals surface area (Å²) in [5.41, 5.74) is 1.45. The Hall–Kier alpha value is -5.99. The maximum atomic E-state index is 15.3. The van der Waals surface area contributed by atoms with Crippen LogP contribution >= 0.6 is 22.9 Å². The first kappa shape index (κ1) is 37.6. The van der Waals surface area contributed by atoms with Crippen LogP contribution in [-0.2, 0) is 26.2 Å². The predicted molar refractivity (Wildman–Crippen MR) is 215 cm³/mol. The van der Waals surface area contributed by atoms with E-state index in [2.05, 4.69) is 0 Å². The second-order valence-electron chi connectivity index (χ2n) is 15.5. The lowest BCUT2D eigenvalue weighted by molar-refractivity contribution is -0.131. The molecule has 1 saturated carbocycles. The van der Waals surface area contributed by atoms with Crippen molar-refractivity contribution in [1.82, 2.24) is 9.78 Å². The summed E-state index contributed by atoms with van der Waals surface area (Å²) in [6.07, 6.45) is 2.18. The number of halogens is 1. The van der Waals surface area contributed by atoms with Crippen LogP contribution in [0.2, 0.25) is 5.02 Å². The largest absolute Gasteiger partial charge is 0.502 e. The maximum Gasteiger partial charge on any atom is 0.335 e. The Morgan fingerprint density at radius 1 is 0.948 bits per heavy atom. The summed E-state index contributed by atoms with van der Waals surface area (Å²) >= 11 is 7.85. The zero-order valence-electron chi connectivity index (χ0n) is 32.0. The van der Waals surface area contributed by atoms with Gasteiger partial charge in [-0.25, -0.2) is 9.69 Å². The molecule has 4 aliphatic rings. The molecular weight excluding hydrogens is 784 g/mol. The molecule has 0 bridgehead atoms. The summed E-state index contributed by atoms with van der Waals surface area (Å²) in [4.78, 5) is 73.8. The Bertz CT molecular complexity index is 2680. The number of allylic oxidation sites excluding steroid dienone is 2. The molecule has 2 aromatic heterocycles. The van der Waals surface area contributed by atoms with Crippen molar-refractivity contribution in [3.8, 4) is 27.8 Å². The topological polar surface area (TPSA) is 169 Å². The predicted octanol–water partition coefficient (Wildman–Crippen LogP) is 7.12. The first-order chi connectivity index (χ1) is 27.7. The number of carboxylic acids is 1. The van der Waals surface area contributed by atoms with E-state index in [1.165, 1.54) is 59.4 Å². The molecule has 4 heterocycles. The summed E-state index contributed by atoms with van der Waals surface area (Å²) < 4.78 is 13.6. The fourth-order valence-corrected chi connectivity index (χ4v) is 11.3. The molecule has 2 aliphatic heterocycles. The molecule has 6 atom stereocenters. The van der Waals surface area contributed by atoms with Crippen molar-refractivity contribution in [2.45, 2.75) is 32.6 Å². The molecule has 0 spiro atoms. The van der Waals surface area contributed by atoms with Crippen LogP contribution in [0.3, 0.4) is 0 Å². The number of methoxy groups -OCH3 is 2. The number of aryl methyl sites for hydroxylation is 2. The minimum Gasteiger partial charge on any atom is -0.502 e. The number of aromatic nitrogens is 2. The van der Waals surface area contributed by atoms with Gasteiger partial charge in [-0.2, -0.15) is 5.10 Å². The van der Waals surface area contributed by atoms with E-state index in [0.29, 0.717) is 21.9 Å². The number of amides is 4. The number of imide groups is 2. The van der Waals surface area contributed by atoms with E-state index in [1.807, 2.05) is 31.2 Å². The van der Waals surface area contributed by atoms with Crippen molar-refractivity contribution in [1.29, 1.82) is 0 Å². The molecule has 2 aliphatic carbocycles. The molecule has 9 rings (SSSR count). The molecule has 2 N–H and O–H groups in total. The second-order valence-corrected chi connectivity index (χ2v) is 17.0. The normalized spacial score (nSPS) is 25.2. The van der Waals surface area contributed by atoms with Gasteiger partial charge >= 0.3 is 5.97 Å². The molecule has 0 radical (unpaired) electrons. The first-order valence-corrected chi connectivity index (χ1v) is 19.9. The molecule has 58 heavy (non-hydrogen) atoms. The number of fused-ring (bicyclic) bond motifs is 5. The Morgan fingerprint density at radius 2 is 1.67 bits per heavy atom. The smallest absolute Gasteiger partial charge is 0.335 e. The lowest BCUT2D eigenvalue weighted by atomic mass is 9.51. The fraction of sp³-hybridized carbons (Fsp3) is 0.302. The highest BCUT2D eigenvalue weighted by atomic mass is 35.5. The number of rotatable bonds is 7. The highest BCUT2D eigenvalue weighted by Crippen LogP contribution is 2.64. The summed E-state index contributed by atoms with van der Waals surface area (Å²) in [6.45, 7) is 3.74. The van der Waals surface area contributed by atoms with Gasteiger partial charge in [0.2, 0.25) is 29.4 Å². The number of aromatic hydroxyl groups is 1. The van der Waals surface area contributed by atoms with Gasteiger partial charge in [0.05, 0.1) is 53.5 Å². The van der Waals surface area contributed by atoms with Crippen molar-refractivity contribution in [2.24, 2.45) is 36.1 Å². The number of benzene rings is 3. The van der Waals surface area contributed by atoms with Gasteiger partial charge in [0, 0.05) is 28.8 Å². The van der Waals surface area contributed by atoms with Crippen LogP contribution in [0, 0.1) is 36.0 Å². The molecule has 2 saturated heterocycles. The highest BCUT2D eigenvalue weighted by molar-refractivity contribution is 7.22. The lowest BCUT2D eigenvalue weighted by Gasteiger charge is -2.49. The Labute approximate surface area is 341 Å². The summed E-state index contributed by atoms with van der Waals surface area (Å²) in [5.74, 6) is -6.95. The summed E-state index contributed by atoms with van der Waals surface area (Å²) in [5, 5.41) is 27.0. The molecule has 296 valence electrons. The highest BCUT2D eigenvalue weighted by Gasteiger charge is 2.68. The van der Waals surface area contributed by atoms with Crippen LogP contribution in [-0.4, -0.2) is 63.8 Å². The van der Waals surface area contributed by atoms with Crippen LogP contribution in [0.1, 0.15) is 47.2 Å². The first-order valence-electron chi connectivity index (χ1n) is 18.7. The van der Waals surface area contributed by atoms with Crippen LogP contribution in [0.15, 0.2) is 72.3 Å². The van der Waals surface area contributed by atoms with Crippen LogP contribution in [0.4, 0.5) is 11.5 Å². The third-order valence-electron chi connectivity index (χ3n) is 12.7. The van der Waals surface area contributed by atoms with Crippen molar-refractivity contribution < 1.29 is 43.7 Å². The number of carboxylic acid groups (broad SMARTS) is 1. The molecule has 4 amide bonds. The fourth-order valence-electron chi connectivity index (χ4n) is 9.94. The number of aromatic carboxylic acids is 1.